The average molecular weight is 210 g/mol. The second-order valence-electron chi connectivity index (χ2n) is 3.66. The van der Waals surface area contributed by atoms with E-state index >= 15 is 0 Å². The Kier molecular flexibility index (Phi) is 2.54. The molecule has 0 amide bonds. The molecule has 4 heteroatoms. The van der Waals surface area contributed by atoms with E-state index in [-0.39, 0.29) is 5.78 Å². The Balaban J connectivity index is 2.27. The highest BCUT2D eigenvalue weighted by atomic mass is 32.1. The van der Waals surface area contributed by atoms with Crippen LogP contribution in [0.25, 0.3) is 0 Å². The Hall–Kier alpha value is -0.900. The summed E-state index contributed by atoms with van der Waals surface area (Å²) in [7, 11) is 0. The minimum absolute atomic E-state index is 0.130. The van der Waals surface area contributed by atoms with Gasteiger partial charge in [0.05, 0.1) is 10.6 Å². The zero-order valence-electron chi connectivity index (χ0n) is 8.54. The monoisotopic (exact) mass is 210 g/mol. The summed E-state index contributed by atoms with van der Waals surface area (Å²) in [5.74, 6) is 0.130. The summed E-state index contributed by atoms with van der Waals surface area (Å²) < 4.78 is 0. The van der Waals surface area contributed by atoms with Crippen LogP contribution in [0.2, 0.25) is 0 Å². The maximum Gasteiger partial charge on any atom is 0.186 e. The van der Waals surface area contributed by atoms with E-state index < -0.39 is 0 Å². The highest BCUT2D eigenvalue weighted by Gasteiger charge is 2.18. The molecule has 2 heterocycles. The zero-order chi connectivity index (χ0) is 10.1. The van der Waals surface area contributed by atoms with Gasteiger partial charge in [0.1, 0.15) is 0 Å². The van der Waals surface area contributed by atoms with Gasteiger partial charge in [-0.1, -0.05) is 11.3 Å². The van der Waals surface area contributed by atoms with Gasteiger partial charge in [-0.15, -0.1) is 0 Å². The Morgan fingerprint density at radius 2 is 2.07 bits per heavy atom. The van der Waals surface area contributed by atoms with E-state index in [1.165, 1.54) is 24.2 Å². The minimum atomic E-state index is 0.130. The van der Waals surface area contributed by atoms with Crippen LogP contribution in [0.5, 0.6) is 0 Å². The fraction of sp³-hybridized carbons (Fsp3) is 0.600. The average Bonchev–Trinajstić information content (AvgIpc) is 2.70. The highest BCUT2D eigenvalue weighted by molar-refractivity contribution is 7.17. The number of thiazole rings is 1. The van der Waals surface area contributed by atoms with E-state index in [0.717, 1.165) is 28.8 Å². The standard InChI is InChI=1S/C10H14N2OS/c1-7-9(8(2)13)14-10(11-7)12-5-3-4-6-12/h3-6H2,1-2H3. The van der Waals surface area contributed by atoms with Crippen LogP contribution < -0.4 is 4.90 Å². The zero-order valence-corrected chi connectivity index (χ0v) is 9.36. The van der Waals surface area contributed by atoms with E-state index in [0.29, 0.717) is 0 Å². The number of nitrogens with zero attached hydrogens (tertiary/aromatic N) is 2. The van der Waals surface area contributed by atoms with Crippen molar-refractivity contribution in [2.24, 2.45) is 0 Å². The second-order valence-corrected chi connectivity index (χ2v) is 4.64. The molecule has 0 aromatic carbocycles. The molecule has 3 nitrogen and oxygen atoms in total. The predicted octanol–water partition coefficient (Wildman–Crippen LogP) is 2.25. The third-order valence-corrected chi connectivity index (χ3v) is 3.80. The van der Waals surface area contributed by atoms with Crippen molar-refractivity contribution in [3.63, 3.8) is 0 Å². The van der Waals surface area contributed by atoms with Crippen LogP contribution >= 0.6 is 11.3 Å². The van der Waals surface area contributed by atoms with Gasteiger partial charge in [0.2, 0.25) is 0 Å². The van der Waals surface area contributed by atoms with Crippen molar-refractivity contribution in [2.75, 3.05) is 18.0 Å². The highest BCUT2D eigenvalue weighted by Crippen LogP contribution is 2.28. The van der Waals surface area contributed by atoms with Crippen LogP contribution in [0.1, 0.15) is 35.1 Å². The van der Waals surface area contributed by atoms with Crippen molar-refractivity contribution >= 4 is 22.3 Å². The first-order valence-corrected chi connectivity index (χ1v) is 5.73. The lowest BCUT2D eigenvalue weighted by atomic mass is 10.3. The Morgan fingerprint density at radius 1 is 1.43 bits per heavy atom. The molecular formula is C10H14N2OS. The molecule has 76 valence electrons. The van der Waals surface area contributed by atoms with E-state index in [9.17, 15) is 4.79 Å². The van der Waals surface area contributed by atoms with Crippen molar-refractivity contribution in [1.82, 2.24) is 4.98 Å². The lowest BCUT2D eigenvalue weighted by molar-refractivity contribution is 0.102. The number of carbonyl (C=O) groups is 1. The summed E-state index contributed by atoms with van der Waals surface area (Å²) in [5, 5.41) is 1.02. The maximum absolute atomic E-state index is 11.2. The van der Waals surface area contributed by atoms with Crippen LogP contribution in [0.3, 0.4) is 0 Å². The van der Waals surface area contributed by atoms with Gasteiger partial charge >= 0.3 is 0 Å². The molecule has 1 aliphatic heterocycles. The third-order valence-electron chi connectivity index (χ3n) is 2.48. The lowest BCUT2D eigenvalue weighted by Gasteiger charge is -2.11. The van der Waals surface area contributed by atoms with Crippen LogP contribution in [0, 0.1) is 6.92 Å². The van der Waals surface area contributed by atoms with Gasteiger partial charge in [0, 0.05) is 20.0 Å². The Labute approximate surface area is 87.8 Å². The summed E-state index contributed by atoms with van der Waals surface area (Å²) in [6, 6.07) is 0. The maximum atomic E-state index is 11.2. The summed E-state index contributed by atoms with van der Waals surface area (Å²) in [6.45, 7) is 5.69. The Morgan fingerprint density at radius 3 is 2.57 bits per heavy atom. The van der Waals surface area contributed by atoms with E-state index in [1.54, 1.807) is 6.92 Å². The number of Topliss-reactive ketones (excluding diaryl/α,β-unsaturated/α-hetero) is 1. The van der Waals surface area contributed by atoms with Gasteiger partial charge in [0.25, 0.3) is 0 Å². The molecule has 0 unspecified atom stereocenters. The Bertz CT molecular complexity index is 353. The van der Waals surface area contributed by atoms with Gasteiger partial charge in [-0.25, -0.2) is 4.98 Å². The van der Waals surface area contributed by atoms with Crippen LogP contribution in [-0.4, -0.2) is 23.9 Å². The first kappa shape index (κ1) is 9.65. The summed E-state index contributed by atoms with van der Waals surface area (Å²) >= 11 is 1.53. The summed E-state index contributed by atoms with van der Waals surface area (Å²) in [6.07, 6.45) is 2.49. The van der Waals surface area contributed by atoms with E-state index in [1.807, 2.05) is 6.92 Å². The number of ketones is 1. The number of carbonyl (C=O) groups excluding carboxylic acids is 1. The molecule has 2 rings (SSSR count). The molecule has 0 radical (unpaired) electrons. The van der Waals surface area contributed by atoms with Gasteiger partial charge in [-0.05, 0) is 19.8 Å². The predicted molar refractivity (Wildman–Crippen MR) is 58.3 cm³/mol. The fourth-order valence-corrected chi connectivity index (χ4v) is 2.77. The molecule has 0 bridgehead atoms. The third kappa shape index (κ3) is 1.66. The molecule has 1 aromatic heterocycles. The van der Waals surface area contributed by atoms with E-state index in [4.69, 9.17) is 0 Å². The van der Waals surface area contributed by atoms with Crippen LogP contribution in [0.15, 0.2) is 0 Å². The number of anilines is 1. The van der Waals surface area contributed by atoms with Gasteiger partial charge in [-0.3, -0.25) is 4.79 Å². The second kappa shape index (κ2) is 3.69. The summed E-state index contributed by atoms with van der Waals surface area (Å²) in [5.41, 5.74) is 0.879. The minimum Gasteiger partial charge on any atom is -0.348 e. The molecular weight excluding hydrogens is 196 g/mol. The molecule has 0 N–H and O–H groups in total. The molecule has 0 spiro atoms. The first-order chi connectivity index (χ1) is 6.68. The van der Waals surface area contributed by atoms with Crippen molar-refractivity contribution in [3.8, 4) is 0 Å². The van der Waals surface area contributed by atoms with Crippen molar-refractivity contribution < 1.29 is 4.79 Å². The van der Waals surface area contributed by atoms with Gasteiger partial charge in [-0.2, -0.15) is 0 Å². The number of aromatic nitrogens is 1. The molecule has 0 aliphatic carbocycles. The summed E-state index contributed by atoms with van der Waals surface area (Å²) in [4.78, 5) is 18.8. The van der Waals surface area contributed by atoms with Crippen LogP contribution in [-0.2, 0) is 0 Å². The molecule has 14 heavy (non-hydrogen) atoms. The lowest BCUT2D eigenvalue weighted by Crippen LogP contribution is -2.17. The topological polar surface area (TPSA) is 33.2 Å². The van der Waals surface area contributed by atoms with Crippen molar-refractivity contribution in [3.05, 3.63) is 10.6 Å². The smallest absolute Gasteiger partial charge is 0.186 e. The van der Waals surface area contributed by atoms with E-state index in [2.05, 4.69) is 9.88 Å². The quantitative estimate of drug-likeness (QED) is 0.702. The van der Waals surface area contributed by atoms with Crippen molar-refractivity contribution in [1.29, 1.82) is 0 Å². The molecule has 0 saturated carbocycles. The fourth-order valence-electron chi connectivity index (χ4n) is 1.75. The SMILES string of the molecule is CC(=O)c1sc(N2CCCC2)nc1C. The molecule has 1 saturated heterocycles. The van der Waals surface area contributed by atoms with Gasteiger partial charge in [0.15, 0.2) is 10.9 Å². The van der Waals surface area contributed by atoms with Gasteiger partial charge < -0.3 is 4.90 Å². The number of hydrogen-bond acceptors (Lipinski definition) is 4. The van der Waals surface area contributed by atoms with Crippen LogP contribution in [0.4, 0.5) is 5.13 Å². The number of hydrogen-bond donors (Lipinski definition) is 0. The molecule has 1 aliphatic rings. The first-order valence-electron chi connectivity index (χ1n) is 4.92. The molecule has 1 aromatic rings. The number of rotatable bonds is 2. The number of aryl methyl sites for hydroxylation is 1. The molecule has 1 fully saturated rings. The van der Waals surface area contributed by atoms with Crippen molar-refractivity contribution in [2.45, 2.75) is 26.7 Å². The normalized spacial score (nSPS) is 16.3. The largest absolute Gasteiger partial charge is 0.348 e. The molecule has 0 atom stereocenters.